The summed E-state index contributed by atoms with van der Waals surface area (Å²) in [7, 11) is 0. The van der Waals surface area contributed by atoms with E-state index < -0.39 is 5.72 Å². The Morgan fingerprint density at radius 2 is 2.33 bits per heavy atom. The Kier molecular flexibility index (Phi) is 1.47. The first-order valence-electron chi connectivity index (χ1n) is 4.27. The van der Waals surface area contributed by atoms with Crippen LogP contribution in [0.4, 0.5) is 0 Å². The number of carbonyl (C=O) groups is 1. The number of nitrogens with zero attached hydrogens (tertiary/aromatic N) is 1. The van der Waals surface area contributed by atoms with E-state index in [1.165, 1.54) is 0 Å². The Hall–Kier alpha value is -0.610. The van der Waals surface area contributed by atoms with Crippen LogP contribution in [0, 0.1) is 0 Å². The van der Waals surface area contributed by atoms with Crippen molar-refractivity contribution in [1.82, 2.24) is 4.90 Å². The number of hydrogen-bond donors (Lipinski definition) is 1. The monoisotopic (exact) mass is 170 g/mol. The quantitative estimate of drug-likeness (QED) is 0.507. The predicted molar refractivity (Wildman–Crippen MR) is 43.3 cm³/mol. The van der Waals surface area contributed by atoms with Crippen LogP contribution in [-0.4, -0.2) is 35.2 Å². The second kappa shape index (κ2) is 2.20. The van der Waals surface area contributed by atoms with Gasteiger partial charge in [-0.2, -0.15) is 0 Å². The lowest BCUT2D eigenvalue weighted by Gasteiger charge is -2.56. The van der Waals surface area contributed by atoms with Crippen LogP contribution in [0.2, 0.25) is 0 Å². The summed E-state index contributed by atoms with van der Waals surface area (Å²) in [4.78, 5) is 13.1. The first kappa shape index (κ1) is 8.01. The average Bonchev–Trinajstić information content (AvgIpc) is 2.01. The van der Waals surface area contributed by atoms with Crippen molar-refractivity contribution in [1.29, 1.82) is 0 Å². The first-order chi connectivity index (χ1) is 5.54. The molecule has 0 aromatic carbocycles. The molecule has 0 unspecified atom stereocenters. The van der Waals surface area contributed by atoms with Crippen molar-refractivity contribution in [2.24, 2.45) is 5.73 Å². The number of fused-ring (bicyclic) bond motifs is 1. The van der Waals surface area contributed by atoms with Crippen LogP contribution in [0.25, 0.3) is 0 Å². The van der Waals surface area contributed by atoms with Crippen LogP contribution in [0.5, 0.6) is 0 Å². The second-order valence-electron chi connectivity index (χ2n) is 3.89. The average molecular weight is 170 g/mol. The second-order valence-corrected chi connectivity index (χ2v) is 3.89. The van der Waals surface area contributed by atoms with Crippen LogP contribution < -0.4 is 5.73 Å². The van der Waals surface area contributed by atoms with Gasteiger partial charge in [-0.15, -0.1) is 0 Å². The highest BCUT2D eigenvalue weighted by molar-refractivity contribution is 5.89. The van der Waals surface area contributed by atoms with Gasteiger partial charge in [-0.1, -0.05) is 0 Å². The molecule has 0 saturated carbocycles. The number of carbonyl (C=O) groups excluding carboxylic acids is 1. The van der Waals surface area contributed by atoms with E-state index in [1.54, 1.807) is 4.90 Å². The number of amides is 1. The lowest BCUT2D eigenvalue weighted by molar-refractivity contribution is -0.223. The molecule has 2 N–H and O–H groups in total. The van der Waals surface area contributed by atoms with E-state index in [-0.39, 0.29) is 18.0 Å². The molecule has 12 heavy (non-hydrogen) atoms. The number of rotatable bonds is 0. The fourth-order valence-electron chi connectivity index (χ4n) is 2.04. The Bertz CT molecular complexity index is 227. The largest absolute Gasteiger partial charge is 0.356 e. The minimum atomic E-state index is -0.449. The van der Waals surface area contributed by atoms with Gasteiger partial charge in [-0.05, 0) is 20.3 Å². The topological polar surface area (TPSA) is 55.6 Å². The minimum Gasteiger partial charge on any atom is -0.356 e. The summed E-state index contributed by atoms with van der Waals surface area (Å²) < 4.78 is 5.47. The van der Waals surface area contributed by atoms with Gasteiger partial charge < -0.3 is 15.4 Å². The predicted octanol–water partition coefficient (Wildman–Crippen LogP) is -0.319. The molecular formula is C8H14N2O2. The molecule has 0 aliphatic carbocycles. The molecule has 0 spiro atoms. The van der Waals surface area contributed by atoms with Gasteiger partial charge in [0.1, 0.15) is 11.8 Å². The van der Waals surface area contributed by atoms with Crippen LogP contribution in [-0.2, 0) is 9.53 Å². The van der Waals surface area contributed by atoms with Gasteiger partial charge in [0, 0.05) is 0 Å². The minimum absolute atomic E-state index is 0.0182. The van der Waals surface area contributed by atoms with Gasteiger partial charge >= 0.3 is 0 Å². The molecular weight excluding hydrogens is 156 g/mol. The summed E-state index contributed by atoms with van der Waals surface area (Å²) in [5, 5.41) is 0. The third-order valence-corrected chi connectivity index (χ3v) is 2.72. The molecule has 1 amide bonds. The highest BCUT2D eigenvalue weighted by Gasteiger charge is 2.53. The summed E-state index contributed by atoms with van der Waals surface area (Å²) in [6.45, 7) is 4.51. The number of ether oxygens (including phenoxy) is 1. The van der Waals surface area contributed by atoms with Crippen molar-refractivity contribution in [3.63, 3.8) is 0 Å². The molecule has 4 heteroatoms. The molecule has 0 bridgehead atoms. The van der Waals surface area contributed by atoms with Gasteiger partial charge in [-0.3, -0.25) is 4.79 Å². The van der Waals surface area contributed by atoms with Crippen molar-refractivity contribution in [2.45, 2.75) is 38.1 Å². The Balaban J connectivity index is 2.20. The maximum atomic E-state index is 11.3. The molecule has 2 fully saturated rings. The summed E-state index contributed by atoms with van der Waals surface area (Å²) in [6, 6.07) is -0.0746. The Labute approximate surface area is 71.7 Å². The van der Waals surface area contributed by atoms with Crippen LogP contribution in [0.3, 0.4) is 0 Å². The molecule has 2 heterocycles. The van der Waals surface area contributed by atoms with Crippen molar-refractivity contribution >= 4 is 5.91 Å². The van der Waals surface area contributed by atoms with E-state index in [9.17, 15) is 4.79 Å². The van der Waals surface area contributed by atoms with Gasteiger partial charge in [0.15, 0.2) is 0 Å². The standard InChI is InChI=1S/C8H14N2O2/c1-8(2)10-5(3-4-12-8)6(9)7(10)11/h5-6H,3-4,9H2,1-2H3/t5-,6-/m1/s1. The SMILES string of the molecule is CC1(C)OCC[C@@H]2[C@@H](N)C(=O)N21. The lowest BCUT2D eigenvalue weighted by atomic mass is 9.88. The van der Waals surface area contributed by atoms with E-state index in [2.05, 4.69) is 0 Å². The lowest BCUT2D eigenvalue weighted by Crippen LogP contribution is -2.76. The van der Waals surface area contributed by atoms with Gasteiger partial charge in [0.25, 0.3) is 0 Å². The zero-order valence-electron chi connectivity index (χ0n) is 7.41. The Morgan fingerprint density at radius 1 is 1.67 bits per heavy atom. The fourth-order valence-corrected chi connectivity index (χ4v) is 2.04. The summed E-state index contributed by atoms with van der Waals surface area (Å²) in [6.07, 6.45) is 0.871. The number of hydrogen-bond acceptors (Lipinski definition) is 3. The van der Waals surface area contributed by atoms with Gasteiger partial charge in [0.2, 0.25) is 5.91 Å². The number of β-lactam (4-membered cyclic amide) rings is 1. The van der Waals surface area contributed by atoms with Crippen molar-refractivity contribution in [3.05, 3.63) is 0 Å². The maximum Gasteiger partial charge on any atom is 0.244 e. The molecule has 0 radical (unpaired) electrons. The van der Waals surface area contributed by atoms with Gasteiger partial charge in [-0.25, -0.2) is 0 Å². The summed E-state index contributed by atoms with van der Waals surface area (Å²) in [5.74, 6) is 0.0182. The van der Waals surface area contributed by atoms with Crippen LogP contribution in [0.1, 0.15) is 20.3 Å². The maximum absolute atomic E-state index is 11.3. The molecule has 0 aromatic rings. The Morgan fingerprint density at radius 3 is 2.92 bits per heavy atom. The van der Waals surface area contributed by atoms with Crippen molar-refractivity contribution < 1.29 is 9.53 Å². The van der Waals surface area contributed by atoms with E-state index in [1.807, 2.05) is 13.8 Å². The van der Waals surface area contributed by atoms with Crippen molar-refractivity contribution in [3.8, 4) is 0 Å². The highest BCUT2D eigenvalue weighted by Crippen LogP contribution is 2.35. The zero-order valence-corrected chi connectivity index (χ0v) is 7.41. The highest BCUT2D eigenvalue weighted by atomic mass is 16.5. The molecule has 0 aromatic heterocycles. The molecule has 4 nitrogen and oxygen atoms in total. The third-order valence-electron chi connectivity index (χ3n) is 2.72. The zero-order chi connectivity index (χ0) is 8.93. The van der Waals surface area contributed by atoms with E-state index in [0.29, 0.717) is 6.61 Å². The molecule has 2 aliphatic heterocycles. The normalized spacial score (nSPS) is 38.9. The molecule has 2 saturated heterocycles. The molecule has 2 rings (SSSR count). The number of nitrogens with two attached hydrogens (primary N) is 1. The van der Waals surface area contributed by atoms with Crippen LogP contribution in [0.15, 0.2) is 0 Å². The van der Waals surface area contributed by atoms with Crippen LogP contribution >= 0.6 is 0 Å². The molecule has 68 valence electrons. The molecule has 2 aliphatic rings. The fraction of sp³-hybridized carbons (Fsp3) is 0.875. The van der Waals surface area contributed by atoms with E-state index >= 15 is 0 Å². The molecule has 2 atom stereocenters. The third kappa shape index (κ3) is 0.820. The first-order valence-corrected chi connectivity index (χ1v) is 4.27. The van der Waals surface area contributed by atoms with Gasteiger partial charge in [0.05, 0.1) is 12.6 Å². The summed E-state index contributed by atoms with van der Waals surface area (Å²) >= 11 is 0. The van der Waals surface area contributed by atoms with E-state index in [0.717, 1.165) is 6.42 Å². The van der Waals surface area contributed by atoms with Crippen molar-refractivity contribution in [2.75, 3.05) is 6.61 Å². The van der Waals surface area contributed by atoms with E-state index in [4.69, 9.17) is 10.5 Å². The smallest absolute Gasteiger partial charge is 0.244 e. The summed E-state index contributed by atoms with van der Waals surface area (Å²) in [5.41, 5.74) is 5.20.